The Morgan fingerprint density at radius 1 is 1.33 bits per heavy atom. The van der Waals surface area contributed by atoms with E-state index in [4.69, 9.17) is 20.8 Å². The molecule has 1 unspecified atom stereocenters. The molecule has 0 aliphatic rings. The molecule has 1 atom stereocenters. The summed E-state index contributed by atoms with van der Waals surface area (Å²) in [4.78, 5) is 16.3. The quantitative estimate of drug-likeness (QED) is 0.592. The first-order valence-electron chi connectivity index (χ1n) is 8.10. The van der Waals surface area contributed by atoms with Crippen molar-refractivity contribution in [3.05, 3.63) is 59.1 Å². The highest BCUT2D eigenvalue weighted by molar-refractivity contribution is 8.00. The average Bonchev–Trinajstić information content (AvgIpc) is 3.09. The summed E-state index contributed by atoms with van der Waals surface area (Å²) in [6.07, 6.45) is 1.47. The molecule has 1 aromatic carbocycles. The van der Waals surface area contributed by atoms with E-state index in [9.17, 15) is 4.79 Å². The van der Waals surface area contributed by atoms with Gasteiger partial charge in [0.2, 0.25) is 5.91 Å². The molecule has 1 amide bonds. The van der Waals surface area contributed by atoms with Gasteiger partial charge in [-0.25, -0.2) is 4.98 Å². The number of ether oxygens (including phenoxy) is 1. The number of carbonyl (C=O) groups excluding carboxylic acids is 1. The normalized spacial score (nSPS) is 11.8. The molecule has 0 saturated carbocycles. The van der Waals surface area contributed by atoms with Crippen molar-refractivity contribution in [3.63, 3.8) is 0 Å². The molecule has 140 valence electrons. The summed E-state index contributed by atoms with van der Waals surface area (Å²) >= 11 is 6.93. The molecule has 27 heavy (non-hydrogen) atoms. The number of benzene rings is 1. The van der Waals surface area contributed by atoms with E-state index in [1.54, 1.807) is 19.1 Å². The van der Waals surface area contributed by atoms with Gasteiger partial charge in [-0.05, 0) is 43.7 Å². The number of pyridine rings is 1. The van der Waals surface area contributed by atoms with E-state index in [1.807, 2.05) is 31.2 Å². The maximum Gasteiger partial charge on any atom is 0.277 e. The number of thioether (sulfide) groups is 1. The molecule has 0 saturated heterocycles. The monoisotopic (exact) mass is 404 g/mol. The predicted molar refractivity (Wildman–Crippen MR) is 103 cm³/mol. The molecule has 0 fully saturated rings. The van der Waals surface area contributed by atoms with Crippen LogP contribution in [0.15, 0.2) is 52.2 Å². The van der Waals surface area contributed by atoms with E-state index in [1.165, 1.54) is 6.20 Å². The summed E-state index contributed by atoms with van der Waals surface area (Å²) < 4.78 is 11.1. The molecule has 2 heterocycles. The number of aromatic nitrogens is 3. The largest absolute Gasteiger partial charge is 0.484 e. The number of hydrogen-bond acceptors (Lipinski definition) is 7. The third kappa shape index (κ3) is 5.70. The molecule has 0 radical (unpaired) electrons. The standard InChI is InChI=1S/C18H17ClN4O3S/c1-11-4-3-5-14(8-11)25-10-16-22-23-18(26-16)27-12(2)17(24)21-15-7-6-13(19)9-20-15/h3-9,12H,10H2,1-2H3,(H,20,21,24). The fraction of sp³-hybridized carbons (Fsp3) is 0.222. The van der Waals surface area contributed by atoms with E-state index in [2.05, 4.69) is 20.5 Å². The second-order valence-electron chi connectivity index (χ2n) is 5.68. The van der Waals surface area contributed by atoms with E-state index < -0.39 is 5.25 Å². The lowest BCUT2D eigenvalue weighted by atomic mass is 10.2. The summed E-state index contributed by atoms with van der Waals surface area (Å²) in [5.74, 6) is 1.26. The number of nitrogens with zero attached hydrogens (tertiary/aromatic N) is 3. The Labute approximate surface area is 165 Å². The zero-order chi connectivity index (χ0) is 19.2. The smallest absolute Gasteiger partial charge is 0.277 e. The Balaban J connectivity index is 1.51. The number of hydrogen-bond donors (Lipinski definition) is 1. The van der Waals surface area contributed by atoms with Crippen molar-refractivity contribution in [3.8, 4) is 5.75 Å². The first-order chi connectivity index (χ1) is 13.0. The maximum atomic E-state index is 12.2. The van der Waals surface area contributed by atoms with Crippen LogP contribution in [0.1, 0.15) is 18.4 Å². The first-order valence-corrected chi connectivity index (χ1v) is 9.36. The number of anilines is 1. The summed E-state index contributed by atoms with van der Waals surface area (Å²) in [6.45, 7) is 3.88. The van der Waals surface area contributed by atoms with Gasteiger partial charge in [0, 0.05) is 6.20 Å². The van der Waals surface area contributed by atoms with Crippen LogP contribution in [0.5, 0.6) is 5.75 Å². The highest BCUT2D eigenvalue weighted by atomic mass is 35.5. The second kappa shape index (κ2) is 8.88. The van der Waals surface area contributed by atoms with Crippen LogP contribution in [0.25, 0.3) is 0 Å². The summed E-state index contributed by atoms with van der Waals surface area (Å²) in [5.41, 5.74) is 1.10. The van der Waals surface area contributed by atoms with Crippen LogP contribution >= 0.6 is 23.4 Å². The lowest BCUT2D eigenvalue weighted by Crippen LogP contribution is -2.22. The number of amides is 1. The molecular formula is C18H17ClN4O3S. The molecule has 1 N–H and O–H groups in total. The SMILES string of the molecule is Cc1cccc(OCc2nnc(SC(C)C(=O)Nc3ccc(Cl)cn3)o2)c1. The number of nitrogens with one attached hydrogen (secondary N) is 1. The van der Waals surface area contributed by atoms with Crippen molar-refractivity contribution in [2.75, 3.05) is 5.32 Å². The maximum absolute atomic E-state index is 12.2. The minimum atomic E-state index is -0.450. The molecule has 0 spiro atoms. The Bertz CT molecular complexity index is 917. The molecule has 0 bridgehead atoms. The zero-order valence-corrected chi connectivity index (χ0v) is 16.3. The number of aryl methyl sites for hydroxylation is 1. The van der Waals surface area contributed by atoms with Gasteiger partial charge in [0.05, 0.1) is 10.3 Å². The van der Waals surface area contributed by atoms with Gasteiger partial charge in [-0.3, -0.25) is 4.79 Å². The molecule has 2 aromatic heterocycles. The Kier molecular flexibility index (Phi) is 6.31. The van der Waals surface area contributed by atoms with E-state index in [0.29, 0.717) is 22.0 Å². The summed E-state index contributed by atoms with van der Waals surface area (Å²) in [6, 6.07) is 11.0. The van der Waals surface area contributed by atoms with Gasteiger partial charge >= 0.3 is 0 Å². The van der Waals surface area contributed by atoms with Gasteiger partial charge in [0.25, 0.3) is 11.1 Å². The van der Waals surface area contributed by atoms with Crippen molar-refractivity contribution >= 4 is 35.1 Å². The number of rotatable bonds is 7. The molecule has 7 nitrogen and oxygen atoms in total. The van der Waals surface area contributed by atoms with Gasteiger partial charge in [-0.1, -0.05) is 35.5 Å². The second-order valence-corrected chi connectivity index (χ2v) is 7.41. The molecule has 0 aliphatic heterocycles. The number of halogens is 1. The van der Waals surface area contributed by atoms with Crippen LogP contribution in [-0.4, -0.2) is 26.3 Å². The third-order valence-electron chi connectivity index (χ3n) is 3.43. The topological polar surface area (TPSA) is 90.1 Å². The van der Waals surface area contributed by atoms with E-state index in [-0.39, 0.29) is 12.5 Å². The predicted octanol–water partition coefficient (Wildman–Crippen LogP) is 4.12. The molecule has 3 aromatic rings. The molecule has 9 heteroatoms. The van der Waals surface area contributed by atoms with Crippen molar-refractivity contribution < 1.29 is 13.9 Å². The van der Waals surface area contributed by atoms with Crippen molar-refractivity contribution in [2.24, 2.45) is 0 Å². The molecule has 0 aliphatic carbocycles. The van der Waals surface area contributed by atoms with E-state index >= 15 is 0 Å². The number of carbonyl (C=O) groups is 1. The minimum absolute atomic E-state index is 0.159. The van der Waals surface area contributed by atoms with Crippen LogP contribution in [-0.2, 0) is 11.4 Å². The van der Waals surface area contributed by atoms with Crippen LogP contribution in [0.2, 0.25) is 5.02 Å². The fourth-order valence-electron chi connectivity index (χ4n) is 2.08. The minimum Gasteiger partial charge on any atom is -0.484 e. The van der Waals surface area contributed by atoms with Crippen LogP contribution < -0.4 is 10.1 Å². The zero-order valence-electron chi connectivity index (χ0n) is 14.7. The van der Waals surface area contributed by atoms with Crippen LogP contribution in [0.3, 0.4) is 0 Å². The van der Waals surface area contributed by atoms with Gasteiger partial charge in [0.1, 0.15) is 11.6 Å². The highest BCUT2D eigenvalue weighted by Crippen LogP contribution is 2.23. The van der Waals surface area contributed by atoms with Crippen molar-refractivity contribution in [1.82, 2.24) is 15.2 Å². The lowest BCUT2D eigenvalue weighted by molar-refractivity contribution is -0.115. The Hall–Kier alpha value is -2.58. The highest BCUT2D eigenvalue weighted by Gasteiger charge is 2.19. The van der Waals surface area contributed by atoms with Crippen LogP contribution in [0.4, 0.5) is 5.82 Å². The van der Waals surface area contributed by atoms with Gasteiger partial charge < -0.3 is 14.5 Å². The van der Waals surface area contributed by atoms with E-state index in [0.717, 1.165) is 23.1 Å². The van der Waals surface area contributed by atoms with Gasteiger partial charge in [0.15, 0.2) is 6.61 Å². The molecular weight excluding hydrogens is 388 g/mol. The lowest BCUT2D eigenvalue weighted by Gasteiger charge is -2.09. The Morgan fingerprint density at radius 3 is 2.93 bits per heavy atom. The van der Waals surface area contributed by atoms with Crippen molar-refractivity contribution in [1.29, 1.82) is 0 Å². The van der Waals surface area contributed by atoms with Gasteiger partial charge in [-0.2, -0.15) is 0 Å². The van der Waals surface area contributed by atoms with Crippen LogP contribution in [0, 0.1) is 6.92 Å². The summed E-state index contributed by atoms with van der Waals surface area (Å²) in [5, 5.41) is 10.9. The van der Waals surface area contributed by atoms with Crippen molar-refractivity contribution in [2.45, 2.75) is 30.9 Å². The summed E-state index contributed by atoms with van der Waals surface area (Å²) in [7, 11) is 0. The first kappa shape index (κ1) is 19.2. The Morgan fingerprint density at radius 2 is 2.19 bits per heavy atom. The van der Waals surface area contributed by atoms with Gasteiger partial charge in [-0.15, -0.1) is 10.2 Å². The fourth-order valence-corrected chi connectivity index (χ4v) is 2.89. The molecule has 3 rings (SSSR count). The third-order valence-corrected chi connectivity index (χ3v) is 4.58. The average molecular weight is 405 g/mol.